The van der Waals surface area contributed by atoms with Gasteiger partial charge in [0, 0.05) is 6.21 Å². The molecule has 0 rings (SSSR count). The van der Waals surface area contributed by atoms with E-state index in [1.54, 1.807) is 18.4 Å². The van der Waals surface area contributed by atoms with Gasteiger partial charge in [0.25, 0.3) is 0 Å². The van der Waals surface area contributed by atoms with Gasteiger partial charge in [0.15, 0.2) is 0 Å². The largest absolute Gasteiger partial charge is 0.372 e. The summed E-state index contributed by atoms with van der Waals surface area (Å²) in [5.41, 5.74) is 4.12. The second kappa shape index (κ2) is 18.5. The first-order chi connectivity index (χ1) is 14.6. The summed E-state index contributed by atoms with van der Waals surface area (Å²) in [5.74, 6) is 0. The predicted octanol–water partition coefficient (Wildman–Crippen LogP) is 7.10. The molecule has 0 fully saturated rings. The molecule has 0 saturated heterocycles. The molecule has 0 heterocycles. The van der Waals surface area contributed by atoms with Gasteiger partial charge in [-0.25, -0.2) is 0 Å². The van der Waals surface area contributed by atoms with E-state index >= 15 is 0 Å². The summed E-state index contributed by atoms with van der Waals surface area (Å²) in [6, 6.07) is 0. The van der Waals surface area contributed by atoms with E-state index < -0.39 is 0 Å². The molecule has 30 heavy (non-hydrogen) atoms. The highest BCUT2D eigenvalue weighted by Crippen LogP contribution is 2.14. The van der Waals surface area contributed by atoms with Crippen molar-refractivity contribution in [2.24, 2.45) is 4.99 Å². The second-order valence-electron chi connectivity index (χ2n) is 6.59. The second-order valence-corrected chi connectivity index (χ2v) is 6.59. The van der Waals surface area contributed by atoms with Crippen LogP contribution in [0.4, 0.5) is 0 Å². The first kappa shape index (κ1) is 27.5. The fraction of sp³-hybridized carbons (Fsp3) is 0.370. The molecule has 0 aliphatic carbocycles. The molecule has 0 amide bonds. The SMILES string of the molecule is C=CCC(OC/C(=C/COCC=N/C(C=C)=C(C=C)\C=C/C)C/C=C\C)/C(C)=C/C. The van der Waals surface area contributed by atoms with Crippen molar-refractivity contribution < 1.29 is 9.47 Å². The van der Waals surface area contributed by atoms with E-state index in [1.807, 2.05) is 45.1 Å². The Balaban J connectivity index is 4.85. The van der Waals surface area contributed by atoms with Crippen LogP contribution in [0.3, 0.4) is 0 Å². The number of rotatable bonds is 16. The normalized spacial score (nSPS) is 15.1. The van der Waals surface area contributed by atoms with Gasteiger partial charge in [-0.05, 0) is 63.3 Å². The molecular formula is C27H39NO2. The Hall–Kier alpha value is -2.49. The number of ether oxygens (including phenoxy) is 2. The smallest absolute Gasteiger partial charge is 0.0823 e. The van der Waals surface area contributed by atoms with Gasteiger partial charge in [-0.2, -0.15) is 0 Å². The van der Waals surface area contributed by atoms with Crippen LogP contribution < -0.4 is 0 Å². The molecule has 0 aromatic heterocycles. The highest BCUT2D eigenvalue weighted by Gasteiger charge is 2.09. The Morgan fingerprint density at radius 1 is 1.03 bits per heavy atom. The van der Waals surface area contributed by atoms with Gasteiger partial charge in [-0.3, -0.25) is 4.99 Å². The lowest BCUT2D eigenvalue weighted by Crippen LogP contribution is -2.15. The molecule has 0 N–H and O–H groups in total. The van der Waals surface area contributed by atoms with Crippen LogP contribution in [0.5, 0.6) is 0 Å². The summed E-state index contributed by atoms with van der Waals surface area (Å²) in [5, 5.41) is 0. The maximum absolute atomic E-state index is 6.12. The zero-order valence-corrected chi connectivity index (χ0v) is 19.3. The first-order valence-electron chi connectivity index (χ1n) is 10.4. The lowest BCUT2D eigenvalue weighted by atomic mass is 10.1. The van der Waals surface area contributed by atoms with E-state index in [9.17, 15) is 0 Å². The number of allylic oxidation sites excluding steroid dienone is 8. The highest BCUT2D eigenvalue weighted by atomic mass is 16.5. The van der Waals surface area contributed by atoms with Crippen LogP contribution in [0.1, 0.15) is 40.5 Å². The summed E-state index contributed by atoms with van der Waals surface area (Å²) in [7, 11) is 0. The van der Waals surface area contributed by atoms with Crippen molar-refractivity contribution in [1.29, 1.82) is 0 Å². The topological polar surface area (TPSA) is 30.8 Å². The van der Waals surface area contributed by atoms with Gasteiger partial charge >= 0.3 is 0 Å². The van der Waals surface area contributed by atoms with Gasteiger partial charge in [-0.1, -0.05) is 61.8 Å². The zero-order chi connectivity index (χ0) is 22.6. The molecule has 1 atom stereocenters. The third-order valence-electron chi connectivity index (χ3n) is 4.40. The van der Waals surface area contributed by atoms with Gasteiger partial charge < -0.3 is 9.47 Å². The van der Waals surface area contributed by atoms with Gasteiger partial charge in [0.05, 0.1) is 31.6 Å². The zero-order valence-electron chi connectivity index (χ0n) is 19.3. The van der Waals surface area contributed by atoms with E-state index in [-0.39, 0.29) is 6.10 Å². The molecule has 0 spiro atoms. The Labute approximate surface area is 184 Å². The molecule has 0 aromatic rings. The standard InChI is InChI=1S/C27H39NO2/c1-8-14-17-24(22-30-27(16-10-3)23(7)11-4)18-20-29-21-19-28-26(13-6)25(12-5)15-9-2/h8-15,18-19,27H,3,5-6,16-17,20-22H2,1-2,4,7H3/b14-8-,15-9-,23-11+,24-18+,26-25-,28-19?. The third kappa shape index (κ3) is 12.2. The average molecular weight is 410 g/mol. The molecule has 0 aliphatic heterocycles. The molecule has 1 unspecified atom stereocenters. The minimum atomic E-state index is 0.0647. The minimum Gasteiger partial charge on any atom is -0.372 e. The Morgan fingerprint density at radius 3 is 2.37 bits per heavy atom. The van der Waals surface area contributed by atoms with Gasteiger partial charge in [-0.15, -0.1) is 6.58 Å². The fourth-order valence-electron chi connectivity index (χ4n) is 2.52. The van der Waals surface area contributed by atoms with Crippen molar-refractivity contribution in [3.05, 3.63) is 96.8 Å². The predicted molar refractivity (Wildman–Crippen MR) is 133 cm³/mol. The van der Waals surface area contributed by atoms with E-state index in [0.717, 1.165) is 24.1 Å². The summed E-state index contributed by atoms with van der Waals surface area (Å²) < 4.78 is 11.8. The maximum atomic E-state index is 6.12. The molecule has 3 nitrogen and oxygen atoms in total. The minimum absolute atomic E-state index is 0.0647. The average Bonchev–Trinajstić information content (AvgIpc) is 2.77. The summed E-state index contributed by atoms with van der Waals surface area (Å²) in [4.78, 5) is 4.42. The van der Waals surface area contributed by atoms with Crippen LogP contribution in [0.2, 0.25) is 0 Å². The lowest BCUT2D eigenvalue weighted by molar-refractivity contribution is 0.0960. The Morgan fingerprint density at radius 2 is 1.80 bits per heavy atom. The highest BCUT2D eigenvalue weighted by molar-refractivity contribution is 5.62. The van der Waals surface area contributed by atoms with Crippen molar-refractivity contribution in [3.63, 3.8) is 0 Å². The van der Waals surface area contributed by atoms with Crippen molar-refractivity contribution in [2.45, 2.75) is 46.6 Å². The Kier molecular flexibility index (Phi) is 17.0. The number of aliphatic imine (C=N–C) groups is 1. The number of hydrogen-bond acceptors (Lipinski definition) is 3. The third-order valence-corrected chi connectivity index (χ3v) is 4.40. The van der Waals surface area contributed by atoms with Crippen LogP contribution in [0.25, 0.3) is 0 Å². The van der Waals surface area contributed by atoms with Crippen LogP contribution in [-0.2, 0) is 9.47 Å². The summed E-state index contributed by atoms with van der Waals surface area (Å²) in [6.45, 7) is 21.0. The molecule has 0 bridgehead atoms. The molecular weight excluding hydrogens is 370 g/mol. The Bertz CT molecular complexity index is 702. The van der Waals surface area contributed by atoms with Crippen molar-refractivity contribution >= 4 is 6.21 Å². The van der Waals surface area contributed by atoms with E-state index in [2.05, 4.69) is 49.9 Å². The van der Waals surface area contributed by atoms with E-state index in [1.165, 1.54) is 11.1 Å². The van der Waals surface area contributed by atoms with Crippen molar-refractivity contribution in [1.82, 2.24) is 0 Å². The lowest BCUT2D eigenvalue weighted by Gasteiger charge is -2.18. The number of nitrogens with zero attached hydrogens (tertiary/aromatic N) is 1. The molecule has 0 radical (unpaired) electrons. The van der Waals surface area contributed by atoms with Crippen molar-refractivity contribution in [2.75, 3.05) is 19.8 Å². The van der Waals surface area contributed by atoms with Crippen molar-refractivity contribution in [3.8, 4) is 0 Å². The maximum Gasteiger partial charge on any atom is 0.0823 e. The van der Waals surface area contributed by atoms with Crippen LogP contribution in [0, 0.1) is 0 Å². The molecule has 0 saturated carbocycles. The molecule has 0 aliphatic rings. The quantitative estimate of drug-likeness (QED) is 0.118. The van der Waals surface area contributed by atoms with Crippen LogP contribution >= 0.6 is 0 Å². The summed E-state index contributed by atoms with van der Waals surface area (Å²) >= 11 is 0. The van der Waals surface area contributed by atoms with Gasteiger partial charge in [0.1, 0.15) is 0 Å². The van der Waals surface area contributed by atoms with Gasteiger partial charge in [0.2, 0.25) is 0 Å². The molecule has 3 heteroatoms. The van der Waals surface area contributed by atoms with E-state index in [0.29, 0.717) is 19.8 Å². The van der Waals surface area contributed by atoms with E-state index in [4.69, 9.17) is 9.47 Å². The first-order valence-corrected chi connectivity index (χ1v) is 10.4. The van der Waals surface area contributed by atoms with Crippen LogP contribution in [-0.4, -0.2) is 32.1 Å². The molecule has 0 aromatic carbocycles. The fourth-order valence-corrected chi connectivity index (χ4v) is 2.52. The number of hydrogen-bond donors (Lipinski definition) is 0. The monoisotopic (exact) mass is 409 g/mol. The van der Waals surface area contributed by atoms with Crippen LogP contribution in [0.15, 0.2) is 102 Å². The molecule has 164 valence electrons. The summed E-state index contributed by atoms with van der Waals surface area (Å²) in [6.07, 6.45) is 21.1.